The molecule has 0 amide bonds. The van der Waals surface area contributed by atoms with Gasteiger partial charge in [0.05, 0.1) is 0 Å². The van der Waals surface area contributed by atoms with Gasteiger partial charge in [0.15, 0.2) is 0 Å². The van der Waals surface area contributed by atoms with E-state index in [-0.39, 0.29) is 5.82 Å². The van der Waals surface area contributed by atoms with Crippen molar-refractivity contribution in [1.29, 1.82) is 0 Å². The number of hydrogen-bond donors (Lipinski definition) is 1. The molecule has 2 aromatic rings. The van der Waals surface area contributed by atoms with Crippen LogP contribution in [0.25, 0.3) is 0 Å². The number of rotatable bonds is 2. The summed E-state index contributed by atoms with van der Waals surface area (Å²) in [7, 11) is 2.50. The Kier molecular flexibility index (Phi) is 3.56. The second-order valence-corrected chi connectivity index (χ2v) is 4.76. The van der Waals surface area contributed by atoms with Crippen LogP contribution in [0.15, 0.2) is 42.5 Å². The van der Waals surface area contributed by atoms with E-state index in [2.05, 4.69) is 9.24 Å². The van der Waals surface area contributed by atoms with Gasteiger partial charge in [-0.15, -0.1) is 9.24 Å². The Labute approximate surface area is 103 Å². The van der Waals surface area contributed by atoms with Crippen LogP contribution in [0.4, 0.5) is 4.39 Å². The van der Waals surface area contributed by atoms with Gasteiger partial charge in [-0.2, -0.15) is 0 Å². The minimum atomic E-state index is -0.921. The van der Waals surface area contributed by atoms with Crippen LogP contribution in [-0.4, -0.2) is 5.11 Å². The minimum Gasteiger partial charge on any atom is -0.384 e. The standard InChI is InChI=1S/C14H14FOP/c1-9-3-2-4-10(7-9)14(16)12-8-11(17)5-6-13(12)15/h2-8,14,16H,17H2,1H3. The molecular formula is C14H14FOP. The lowest BCUT2D eigenvalue weighted by atomic mass is 10.00. The Morgan fingerprint density at radius 1 is 1.18 bits per heavy atom. The Bertz CT molecular complexity index is 539. The summed E-state index contributed by atoms with van der Waals surface area (Å²) in [5.74, 6) is -0.384. The predicted molar refractivity (Wildman–Crippen MR) is 71.0 cm³/mol. The summed E-state index contributed by atoms with van der Waals surface area (Å²) in [6, 6.07) is 12.1. The highest BCUT2D eigenvalue weighted by Crippen LogP contribution is 2.24. The summed E-state index contributed by atoms with van der Waals surface area (Å²) in [6.45, 7) is 1.94. The second kappa shape index (κ2) is 4.95. The molecule has 0 saturated carbocycles. The van der Waals surface area contributed by atoms with Crippen LogP contribution in [-0.2, 0) is 0 Å². The number of hydrogen-bond acceptors (Lipinski definition) is 1. The molecule has 3 heteroatoms. The molecule has 0 saturated heterocycles. The first-order valence-electron chi connectivity index (χ1n) is 5.37. The molecule has 0 aliphatic heterocycles. The maximum atomic E-state index is 13.6. The first-order chi connectivity index (χ1) is 8.08. The number of aliphatic hydroxyl groups is 1. The van der Waals surface area contributed by atoms with Gasteiger partial charge in [-0.1, -0.05) is 35.9 Å². The third kappa shape index (κ3) is 2.71. The van der Waals surface area contributed by atoms with Crippen molar-refractivity contribution >= 4 is 14.5 Å². The topological polar surface area (TPSA) is 20.2 Å². The van der Waals surface area contributed by atoms with Gasteiger partial charge >= 0.3 is 0 Å². The average Bonchev–Trinajstić information content (AvgIpc) is 2.31. The SMILES string of the molecule is Cc1cccc(C(O)c2cc(P)ccc2F)c1. The van der Waals surface area contributed by atoms with Gasteiger partial charge in [0, 0.05) is 5.56 Å². The average molecular weight is 248 g/mol. The Morgan fingerprint density at radius 2 is 1.94 bits per heavy atom. The molecule has 88 valence electrons. The maximum absolute atomic E-state index is 13.6. The van der Waals surface area contributed by atoms with E-state index in [4.69, 9.17) is 0 Å². The lowest BCUT2D eigenvalue weighted by Gasteiger charge is -2.13. The molecule has 0 spiro atoms. The van der Waals surface area contributed by atoms with E-state index in [1.807, 2.05) is 25.1 Å². The zero-order valence-electron chi connectivity index (χ0n) is 9.52. The van der Waals surface area contributed by atoms with Gasteiger partial charge in [-0.3, -0.25) is 0 Å². The third-order valence-corrected chi connectivity index (χ3v) is 3.03. The Hall–Kier alpha value is -1.24. The van der Waals surface area contributed by atoms with Crippen molar-refractivity contribution in [3.8, 4) is 0 Å². The van der Waals surface area contributed by atoms with Crippen LogP contribution in [0.5, 0.6) is 0 Å². The third-order valence-electron chi connectivity index (χ3n) is 2.67. The van der Waals surface area contributed by atoms with Gasteiger partial charge < -0.3 is 5.11 Å². The van der Waals surface area contributed by atoms with Crippen molar-refractivity contribution in [2.24, 2.45) is 0 Å². The number of halogens is 1. The fraction of sp³-hybridized carbons (Fsp3) is 0.143. The lowest BCUT2D eigenvalue weighted by molar-refractivity contribution is 0.215. The van der Waals surface area contributed by atoms with Gasteiger partial charge in [0.25, 0.3) is 0 Å². The smallest absolute Gasteiger partial charge is 0.129 e. The van der Waals surface area contributed by atoms with E-state index in [1.54, 1.807) is 18.2 Å². The normalized spacial score (nSPS) is 12.5. The van der Waals surface area contributed by atoms with Crippen LogP contribution in [0, 0.1) is 12.7 Å². The molecule has 17 heavy (non-hydrogen) atoms. The van der Waals surface area contributed by atoms with Crippen LogP contribution in [0.2, 0.25) is 0 Å². The molecule has 0 bridgehead atoms. The second-order valence-electron chi connectivity index (χ2n) is 4.10. The van der Waals surface area contributed by atoms with E-state index in [1.165, 1.54) is 6.07 Å². The first-order valence-corrected chi connectivity index (χ1v) is 5.95. The quantitative estimate of drug-likeness (QED) is 0.810. The molecule has 1 N–H and O–H groups in total. The van der Waals surface area contributed by atoms with Crippen molar-refractivity contribution in [2.45, 2.75) is 13.0 Å². The van der Waals surface area contributed by atoms with Crippen LogP contribution in [0.1, 0.15) is 22.8 Å². The monoisotopic (exact) mass is 248 g/mol. The van der Waals surface area contributed by atoms with Gasteiger partial charge in [0.2, 0.25) is 0 Å². The molecule has 0 aliphatic carbocycles. The lowest BCUT2D eigenvalue weighted by Crippen LogP contribution is -2.06. The zero-order valence-corrected chi connectivity index (χ0v) is 10.7. The van der Waals surface area contributed by atoms with Crippen molar-refractivity contribution in [1.82, 2.24) is 0 Å². The Morgan fingerprint density at radius 3 is 2.65 bits per heavy atom. The van der Waals surface area contributed by atoms with E-state index < -0.39 is 6.10 Å². The van der Waals surface area contributed by atoms with Gasteiger partial charge in [0.1, 0.15) is 11.9 Å². The van der Waals surface area contributed by atoms with Crippen molar-refractivity contribution < 1.29 is 9.50 Å². The van der Waals surface area contributed by atoms with E-state index in [9.17, 15) is 9.50 Å². The van der Waals surface area contributed by atoms with Gasteiger partial charge in [-0.25, -0.2) is 4.39 Å². The van der Waals surface area contributed by atoms with Crippen LogP contribution >= 0.6 is 9.24 Å². The summed E-state index contributed by atoms with van der Waals surface area (Å²) in [5.41, 5.74) is 2.06. The molecule has 2 rings (SSSR count). The fourth-order valence-electron chi connectivity index (χ4n) is 1.79. The number of benzene rings is 2. The summed E-state index contributed by atoms with van der Waals surface area (Å²) in [6.07, 6.45) is -0.921. The predicted octanol–water partition coefficient (Wildman–Crippen LogP) is 2.72. The highest BCUT2D eigenvalue weighted by Gasteiger charge is 2.15. The zero-order chi connectivity index (χ0) is 12.4. The fourth-order valence-corrected chi connectivity index (χ4v) is 2.07. The Balaban J connectivity index is 2.43. The van der Waals surface area contributed by atoms with Crippen LogP contribution in [0.3, 0.4) is 0 Å². The molecule has 2 atom stereocenters. The first kappa shape index (κ1) is 12.2. The molecule has 0 radical (unpaired) electrons. The highest BCUT2D eigenvalue weighted by molar-refractivity contribution is 7.27. The molecule has 0 aliphatic rings. The number of aryl methyl sites for hydroxylation is 1. The molecule has 0 heterocycles. The molecule has 0 aromatic heterocycles. The van der Waals surface area contributed by atoms with Crippen molar-refractivity contribution in [3.05, 3.63) is 65.0 Å². The summed E-state index contributed by atoms with van der Waals surface area (Å²) in [5, 5.41) is 11.0. The van der Waals surface area contributed by atoms with E-state index >= 15 is 0 Å². The van der Waals surface area contributed by atoms with E-state index in [0.717, 1.165) is 10.9 Å². The van der Waals surface area contributed by atoms with Crippen molar-refractivity contribution in [3.63, 3.8) is 0 Å². The highest BCUT2D eigenvalue weighted by atomic mass is 31.0. The molecular weight excluding hydrogens is 234 g/mol. The largest absolute Gasteiger partial charge is 0.384 e. The molecule has 0 fully saturated rings. The van der Waals surface area contributed by atoms with Crippen LogP contribution < -0.4 is 5.30 Å². The summed E-state index contributed by atoms with van der Waals surface area (Å²) < 4.78 is 13.6. The molecule has 2 aromatic carbocycles. The maximum Gasteiger partial charge on any atom is 0.129 e. The van der Waals surface area contributed by atoms with E-state index in [0.29, 0.717) is 11.1 Å². The minimum absolute atomic E-state index is 0.308. The van der Waals surface area contributed by atoms with Gasteiger partial charge in [-0.05, 0) is 29.9 Å². The molecule has 1 nitrogen and oxygen atoms in total. The summed E-state index contributed by atoms with van der Waals surface area (Å²) in [4.78, 5) is 0. The summed E-state index contributed by atoms with van der Waals surface area (Å²) >= 11 is 0. The van der Waals surface area contributed by atoms with Crippen molar-refractivity contribution in [2.75, 3.05) is 0 Å². The molecule has 2 unspecified atom stereocenters. The number of aliphatic hydroxyl groups excluding tert-OH is 1.